The lowest BCUT2D eigenvalue weighted by Gasteiger charge is -2.59. The number of rotatable bonds is 1. The van der Waals surface area contributed by atoms with E-state index in [9.17, 15) is 9.90 Å². The quantitative estimate of drug-likeness (QED) is 0.764. The average molecular weight is 316 g/mol. The highest BCUT2D eigenvalue weighted by atomic mass is 16.3. The second-order valence-electron chi connectivity index (χ2n) is 9.33. The summed E-state index contributed by atoms with van der Waals surface area (Å²) in [6.07, 6.45) is 11.9. The second-order valence-corrected chi connectivity index (χ2v) is 9.33. The molecule has 128 valence electrons. The summed E-state index contributed by atoms with van der Waals surface area (Å²) in [7, 11) is 0. The van der Waals surface area contributed by atoms with E-state index in [0.29, 0.717) is 11.7 Å². The molecule has 4 aliphatic rings. The zero-order valence-electron chi connectivity index (χ0n) is 15.0. The van der Waals surface area contributed by atoms with Gasteiger partial charge in [0, 0.05) is 11.8 Å². The Hall–Kier alpha value is -0.630. The first-order valence-corrected chi connectivity index (χ1v) is 9.80. The zero-order chi connectivity index (χ0) is 16.5. The molecule has 0 aromatic carbocycles. The Bertz CT molecular complexity index is 560. The van der Waals surface area contributed by atoms with Crippen LogP contribution in [0, 0.1) is 28.6 Å². The minimum absolute atomic E-state index is 0.149. The van der Waals surface area contributed by atoms with Crippen LogP contribution in [-0.4, -0.2) is 16.5 Å². The highest BCUT2D eigenvalue weighted by Crippen LogP contribution is 2.68. The molecule has 3 fully saturated rings. The van der Waals surface area contributed by atoms with Gasteiger partial charge in [0.15, 0.2) is 5.78 Å². The highest BCUT2D eigenvalue weighted by molar-refractivity contribution is 5.91. The van der Waals surface area contributed by atoms with E-state index in [-0.39, 0.29) is 10.8 Å². The normalized spacial score (nSPS) is 52.4. The van der Waals surface area contributed by atoms with Crippen molar-refractivity contribution in [1.82, 2.24) is 0 Å². The van der Waals surface area contributed by atoms with Crippen LogP contribution in [0.4, 0.5) is 0 Å². The molecule has 4 rings (SSSR count). The molecule has 2 heteroatoms. The van der Waals surface area contributed by atoms with Gasteiger partial charge < -0.3 is 5.11 Å². The van der Waals surface area contributed by atoms with Crippen molar-refractivity contribution in [1.29, 1.82) is 0 Å². The van der Waals surface area contributed by atoms with Crippen LogP contribution in [0.1, 0.15) is 78.6 Å². The van der Waals surface area contributed by atoms with Crippen LogP contribution in [0.25, 0.3) is 0 Å². The van der Waals surface area contributed by atoms with Crippen LogP contribution >= 0.6 is 0 Å². The Balaban J connectivity index is 1.71. The van der Waals surface area contributed by atoms with Gasteiger partial charge in [0.1, 0.15) is 0 Å². The Morgan fingerprint density at radius 3 is 2.57 bits per heavy atom. The molecule has 0 amide bonds. The minimum Gasteiger partial charge on any atom is -0.390 e. The van der Waals surface area contributed by atoms with Gasteiger partial charge in [-0.25, -0.2) is 0 Å². The predicted molar refractivity (Wildman–Crippen MR) is 92.0 cm³/mol. The molecule has 6 atom stereocenters. The molecule has 2 nitrogen and oxygen atoms in total. The molecule has 0 aromatic heterocycles. The fourth-order valence-electron chi connectivity index (χ4n) is 7.44. The SMILES string of the molecule is CCC12CCC3C(CCC4=CC(=O)CC[C@@]43C)C1CCC2(C)O. The van der Waals surface area contributed by atoms with E-state index < -0.39 is 5.60 Å². The summed E-state index contributed by atoms with van der Waals surface area (Å²) in [6.45, 7) is 6.84. The summed E-state index contributed by atoms with van der Waals surface area (Å²) in [4.78, 5) is 11.9. The summed E-state index contributed by atoms with van der Waals surface area (Å²) in [5.74, 6) is 2.53. The van der Waals surface area contributed by atoms with E-state index in [2.05, 4.69) is 20.8 Å². The van der Waals surface area contributed by atoms with Crippen LogP contribution in [-0.2, 0) is 4.79 Å². The largest absolute Gasteiger partial charge is 0.390 e. The van der Waals surface area contributed by atoms with Crippen molar-refractivity contribution < 1.29 is 9.90 Å². The first kappa shape index (κ1) is 15.9. The molecule has 1 N–H and O–H groups in total. The van der Waals surface area contributed by atoms with Gasteiger partial charge in [-0.15, -0.1) is 0 Å². The molecule has 0 heterocycles. The van der Waals surface area contributed by atoms with Crippen LogP contribution < -0.4 is 0 Å². The third kappa shape index (κ3) is 1.94. The van der Waals surface area contributed by atoms with Crippen molar-refractivity contribution in [2.45, 2.75) is 84.2 Å². The van der Waals surface area contributed by atoms with Gasteiger partial charge in [-0.1, -0.05) is 19.4 Å². The minimum atomic E-state index is -0.475. The van der Waals surface area contributed by atoms with Gasteiger partial charge in [0.05, 0.1) is 5.60 Å². The summed E-state index contributed by atoms with van der Waals surface area (Å²) in [6, 6.07) is 0. The standard InChI is InChI=1S/C21H32O2/c1-4-21-12-9-17-16(18(21)8-11-20(21,3)23)6-5-14-13-15(22)7-10-19(14,17)2/h13,16-18,23H,4-12H2,1-3H3/t16?,17?,18?,19-,20?,21?/m0/s1. The number of carbonyl (C=O) groups is 1. The van der Waals surface area contributed by atoms with Crippen molar-refractivity contribution in [3.63, 3.8) is 0 Å². The summed E-state index contributed by atoms with van der Waals surface area (Å²) in [5, 5.41) is 11.1. The van der Waals surface area contributed by atoms with Crippen molar-refractivity contribution in [3.8, 4) is 0 Å². The van der Waals surface area contributed by atoms with Crippen molar-refractivity contribution >= 4 is 5.78 Å². The molecular formula is C21H32O2. The monoisotopic (exact) mass is 316 g/mol. The third-order valence-electron chi connectivity index (χ3n) is 8.82. The smallest absolute Gasteiger partial charge is 0.155 e. The number of hydrogen-bond donors (Lipinski definition) is 1. The van der Waals surface area contributed by atoms with E-state index in [4.69, 9.17) is 0 Å². The fourth-order valence-corrected chi connectivity index (χ4v) is 7.44. The topological polar surface area (TPSA) is 37.3 Å². The van der Waals surface area contributed by atoms with Crippen molar-refractivity contribution in [2.75, 3.05) is 0 Å². The number of aliphatic hydroxyl groups is 1. The Morgan fingerprint density at radius 1 is 1.09 bits per heavy atom. The van der Waals surface area contributed by atoms with Gasteiger partial charge in [0.25, 0.3) is 0 Å². The predicted octanol–water partition coefficient (Wildman–Crippen LogP) is 4.66. The van der Waals surface area contributed by atoms with Gasteiger partial charge in [-0.2, -0.15) is 0 Å². The molecule has 0 radical (unpaired) electrons. The number of carbonyl (C=O) groups excluding carboxylic acids is 1. The first-order valence-electron chi connectivity index (χ1n) is 9.80. The van der Waals surface area contributed by atoms with Crippen LogP contribution in [0.15, 0.2) is 11.6 Å². The lowest BCUT2D eigenvalue weighted by atomic mass is 9.46. The van der Waals surface area contributed by atoms with Gasteiger partial charge in [0.2, 0.25) is 0 Å². The van der Waals surface area contributed by atoms with Gasteiger partial charge in [-0.3, -0.25) is 4.79 Å². The second kappa shape index (κ2) is 4.94. The Labute approximate surface area is 140 Å². The van der Waals surface area contributed by atoms with Gasteiger partial charge >= 0.3 is 0 Å². The van der Waals surface area contributed by atoms with Crippen molar-refractivity contribution in [3.05, 3.63) is 11.6 Å². The van der Waals surface area contributed by atoms with E-state index in [1.54, 1.807) is 0 Å². The summed E-state index contributed by atoms with van der Waals surface area (Å²) >= 11 is 0. The molecule has 23 heavy (non-hydrogen) atoms. The molecule has 0 aliphatic heterocycles. The number of fused-ring (bicyclic) bond motifs is 5. The summed E-state index contributed by atoms with van der Waals surface area (Å²) < 4.78 is 0. The lowest BCUT2D eigenvalue weighted by molar-refractivity contribution is -0.132. The number of allylic oxidation sites excluding steroid dienone is 1. The van der Waals surface area contributed by atoms with Crippen LogP contribution in [0.2, 0.25) is 0 Å². The van der Waals surface area contributed by atoms with Gasteiger partial charge in [-0.05, 0) is 87.5 Å². The molecule has 0 aromatic rings. The maximum Gasteiger partial charge on any atom is 0.155 e. The lowest BCUT2D eigenvalue weighted by Crippen LogP contribution is -2.55. The third-order valence-corrected chi connectivity index (χ3v) is 8.82. The molecule has 4 aliphatic carbocycles. The molecule has 5 unspecified atom stereocenters. The fraction of sp³-hybridized carbons (Fsp3) is 0.857. The molecule has 0 bridgehead atoms. The Morgan fingerprint density at radius 2 is 1.83 bits per heavy atom. The molecule has 3 saturated carbocycles. The Kier molecular flexibility index (Phi) is 3.41. The first-order chi connectivity index (χ1) is 10.8. The maximum atomic E-state index is 11.9. The zero-order valence-corrected chi connectivity index (χ0v) is 15.0. The molecule has 0 spiro atoms. The maximum absolute atomic E-state index is 11.9. The van der Waals surface area contributed by atoms with Crippen LogP contribution in [0.3, 0.4) is 0 Å². The summed E-state index contributed by atoms with van der Waals surface area (Å²) in [5.41, 5.74) is 1.38. The average Bonchev–Trinajstić information content (AvgIpc) is 2.80. The van der Waals surface area contributed by atoms with E-state index in [1.165, 1.54) is 31.3 Å². The van der Waals surface area contributed by atoms with E-state index in [1.807, 2.05) is 6.08 Å². The van der Waals surface area contributed by atoms with E-state index in [0.717, 1.165) is 43.9 Å². The highest BCUT2D eigenvalue weighted by Gasteiger charge is 2.63. The van der Waals surface area contributed by atoms with E-state index >= 15 is 0 Å². The number of hydrogen-bond acceptors (Lipinski definition) is 2. The number of ketones is 1. The molecule has 0 saturated heterocycles. The van der Waals surface area contributed by atoms with Crippen LogP contribution in [0.5, 0.6) is 0 Å². The van der Waals surface area contributed by atoms with Crippen molar-refractivity contribution in [2.24, 2.45) is 28.6 Å². The molecular weight excluding hydrogens is 284 g/mol.